The lowest BCUT2D eigenvalue weighted by Gasteiger charge is -2.30. The maximum absolute atomic E-state index is 5.63. The Morgan fingerprint density at radius 1 is 1.14 bits per heavy atom. The number of benzene rings is 1. The van der Waals surface area contributed by atoms with Crippen LogP contribution < -0.4 is 5.32 Å². The van der Waals surface area contributed by atoms with Crippen LogP contribution in [-0.2, 0) is 18.3 Å². The molecular formula is C17H21N3O. The molecule has 0 radical (unpaired) electrons. The highest BCUT2D eigenvalue weighted by Gasteiger charge is 2.36. The summed E-state index contributed by atoms with van der Waals surface area (Å²) in [5.74, 6) is 2.10. The van der Waals surface area contributed by atoms with Gasteiger partial charge in [0.25, 0.3) is 0 Å². The Morgan fingerprint density at radius 3 is 2.48 bits per heavy atom. The van der Waals surface area contributed by atoms with E-state index >= 15 is 0 Å². The summed E-state index contributed by atoms with van der Waals surface area (Å²) in [6.07, 6.45) is 4.21. The van der Waals surface area contributed by atoms with Crippen LogP contribution in [0.1, 0.15) is 48.5 Å². The molecule has 0 saturated carbocycles. The lowest BCUT2D eigenvalue weighted by Crippen LogP contribution is -2.37. The SMILES string of the molecule is CC1(c2nc(C3Cc4ccccc4C3)no2)CCNCC1. The topological polar surface area (TPSA) is 51.0 Å². The van der Waals surface area contributed by atoms with Crippen molar-refractivity contribution in [2.45, 2.75) is 43.9 Å². The fourth-order valence-electron chi connectivity index (χ4n) is 3.58. The highest BCUT2D eigenvalue weighted by atomic mass is 16.5. The van der Waals surface area contributed by atoms with Crippen molar-refractivity contribution in [3.05, 3.63) is 47.1 Å². The third-order valence-corrected chi connectivity index (χ3v) is 5.08. The number of hydrogen-bond acceptors (Lipinski definition) is 4. The predicted octanol–water partition coefficient (Wildman–Crippen LogP) is 2.59. The van der Waals surface area contributed by atoms with Gasteiger partial charge in [0.2, 0.25) is 5.89 Å². The normalized spacial score (nSPS) is 21.4. The molecule has 1 aromatic heterocycles. The molecule has 0 unspecified atom stereocenters. The maximum atomic E-state index is 5.63. The van der Waals surface area contributed by atoms with Gasteiger partial charge in [-0.2, -0.15) is 4.98 Å². The van der Waals surface area contributed by atoms with Crippen molar-refractivity contribution in [3.8, 4) is 0 Å². The summed E-state index contributed by atoms with van der Waals surface area (Å²) in [6, 6.07) is 8.65. The van der Waals surface area contributed by atoms with E-state index in [4.69, 9.17) is 9.51 Å². The highest BCUT2D eigenvalue weighted by molar-refractivity contribution is 5.35. The van der Waals surface area contributed by atoms with Crippen LogP contribution in [0.3, 0.4) is 0 Å². The fraction of sp³-hybridized carbons (Fsp3) is 0.529. The molecule has 2 aliphatic rings. The van der Waals surface area contributed by atoms with E-state index in [-0.39, 0.29) is 5.41 Å². The summed E-state index contributed by atoms with van der Waals surface area (Å²) in [5.41, 5.74) is 2.91. The Hall–Kier alpha value is -1.68. The maximum Gasteiger partial charge on any atom is 0.232 e. The van der Waals surface area contributed by atoms with Crippen LogP contribution in [-0.4, -0.2) is 23.2 Å². The van der Waals surface area contributed by atoms with Crippen LogP contribution >= 0.6 is 0 Å². The molecular weight excluding hydrogens is 262 g/mol. The molecule has 4 nitrogen and oxygen atoms in total. The Kier molecular flexibility index (Phi) is 3.07. The van der Waals surface area contributed by atoms with Gasteiger partial charge in [0.05, 0.1) is 0 Å². The zero-order chi connectivity index (χ0) is 14.3. The minimum Gasteiger partial charge on any atom is -0.339 e. The van der Waals surface area contributed by atoms with Gasteiger partial charge >= 0.3 is 0 Å². The van der Waals surface area contributed by atoms with Crippen molar-refractivity contribution in [1.29, 1.82) is 0 Å². The van der Waals surface area contributed by atoms with Crippen molar-refractivity contribution in [3.63, 3.8) is 0 Å². The summed E-state index contributed by atoms with van der Waals surface area (Å²) < 4.78 is 5.63. The zero-order valence-corrected chi connectivity index (χ0v) is 12.4. The van der Waals surface area contributed by atoms with Crippen LogP contribution in [0.5, 0.6) is 0 Å². The van der Waals surface area contributed by atoms with Crippen molar-refractivity contribution in [2.75, 3.05) is 13.1 Å². The highest BCUT2D eigenvalue weighted by Crippen LogP contribution is 2.35. The number of nitrogens with one attached hydrogen (secondary N) is 1. The number of nitrogens with zero attached hydrogens (tertiary/aromatic N) is 2. The van der Waals surface area contributed by atoms with Crippen molar-refractivity contribution >= 4 is 0 Å². The van der Waals surface area contributed by atoms with Gasteiger partial charge in [-0.25, -0.2) is 0 Å². The molecule has 4 heteroatoms. The van der Waals surface area contributed by atoms with E-state index in [1.165, 1.54) is 11.1 Å². The molecule has 4 rings (SSSR count). The van der Waals surface area contributed by atoms with Crippen LogP contribution in [0.15, 0.2) is 28.8 Å². The molecule has 21 heavy (non-hydrogen) atoms. The summed E-state index contributed by atoms with van der Waals surface area (Å²) in [5, 5.41) is 7.69. The number of hydrogen-bond donors (Lipinski definition) is 1. The first kappa shape index (κ1) is 13.0. The van der Waals surface area contributed by atoms with E-state index in [1.54, 1.807) is 0 Å². The Morgan fingerprint density at radius 2 is 1.81 bits per heavy atom. The van der Waals surface area contributed by atoms with Crippen molar-refractivity contribution in [1.82, 2.24) is 15.5 Å². The molecule has 1 N–H and O–H groups in total. The second kappa shape index (κ2) is 4.95. The standard InChI is InChI=1S/C17H21N3O/c1-17(6-8-18-9-7-17)16-19-15(20-21-16)14-10-12-4-2-3-5-13(12)11-14/h2-5,14,18H,6-11H2,1H3. The molecule has 110 valence electrons. The third kappa shape index (κ3) is 2.27. The first-order chi connectivity index (χ1) is 10.2. The molecule has 1 aliphatic carbocycles. The van der Waals surface area contributed by atoms with Crippen molar-refractivity contribution < 1.29 is 4.52 Å². The van der Waals surface area contributed by atoms with E-state index in [9.17, 15) is 0 Å². The van der Waals surface area contributed by atoms with Gasteiger partial charge in [-0.15, -0.1) is 0 Å². The molecule has 1 fully saturated rings. The summed E-state index contributed by atoms with van der Waals surface area (Å²) in [4.78, 5) is 4.77. The average Bonchev–Trinajstić information content (AvgIpc) is 3.15. The van der Waals surface area contributed by atoms with Crippen LogP contribution in [0.25, 0.3) is 0 Å². The minimum atomic E-state index is 0.0436. The number of rotatable bonds is 2. The molecule has 2 aromatic rings. The molecule has 1 aliphatic heterocycles. The summed E-state index contributed by atoms with van der Waals surface area (Å²) in [6.45, 7) is 4.31. The first-order valence-electron chi connectivity index (χ1n) is 7.86. The molecule has 0 amide bonds. The van der Waals surface area contributed by atoms with E-state index in [2.05, 4.69) is 41.7 Å². The average molecular weight is 283 g/mol. The lowest BCUT2D eigenvalue weighted by molar-refractivity contribution is 0.240. The van der Waals surface area contributed by atoms with Gasteiger partial charge in [0.1, 0.15) is 0 Å². The third-order valence-electron chi connectivity index (χ3n) is 5.08. The molecule has 2 heterocycles. The van der Waals surface area contributed by atoms with Crippen molar-refractivity contribution in [2.24, 2.45) is 0 Å². The van der Waals surface area contributed by atoms with Crippen LogP contribution in [0.2, 0.25) is 0 Å². The van der Waals surface area contributed by atoms with E-state index < -0.39 is 0 Å². The molecule has 0 bridgehead atoms. The number of fused-ring (bicyclic) bond motifs is 1. The largest absolute Gasteiger partial charge is 0.339 e. The second-order valence-electron chi connectivity index (χ2n) is 6.64. The van der Waals surface area contributed by atoms with Gasteiger partial charge in [-0.3, -0.25) is 0 Å². The van der Waals surface area contributed by atoms with Crippen LogP contribution in [0, 0.1) is 0 Å². The molecule has 0 atom stereocenters. The molecule has 0 spiro atoms. The van der Waals surface area contributed by atoms with Gasteiger partial charge < -0.3 is 9.84 Å². The summed E-state index contributed by atoms with van der Waals surface area (Å²) >= 11 is 0. The minimum absolute atomic E-state index is 0.0436. The van der Waals surface area contributed by atoms with Gasteiger partial charge in [-0.1, -0.05) is 36.3 Å². The predicted molar refractivity (Wildman–Crippen MR) is 80.3 cm³/mol. The van der Waals surface area contributed by atoms with E-state index in [0.29, 0.717) is 5.92 Å². The number of aromatic nitrogens is 2. The molecule has 1 aromatic carbocycles. The first-order valence-corrected chi connectivity index (χ1v) is 7.86. The Labute approximate surface area is 124 Å². The monoisotopic (exact) mass is 283 g/mol. The Balaban J connectivity index is 1.56. The van der Waals surface area contributed by atoms with E-state index in [1.807, 2.05) is 0 Å². The molecule has 1 saturated heterocycles. The lowest BCUT2D eigenvalue weighted by atomic mass is 9.81. The van der Waals surface area contributed by atoms with Gasteiger partial charge in [0, 0.05) is 11.3 Å². The van der Waals surface area contributed by atoms with Gasteiger partial charge in [-0.05, 0) is 49.9 Å². The quantitative estimate of drug-likeness (QED) is 0.920. The second-order valence-corrected chi connectivity index (χ2v) is 6.64. The summed E-state index contributed by atoms with van der Waals surface area (Å²) in [7, 11) is 0. The Bertz CT molecular complexity index is 618. The smallest absolute Gasteiger partial charge is 0.232 e. The van der Waals surface area contributed by atoms with Gasteiger partial charge in [0.15, 0.2) is 5.82 Å². The number of piperidine rings is 1. The zero-order valence-electron chi connectivity index (χ0n) is 12.4. The fourth-order valence-corrected chi connectivity index (χ4v) is 3.58. The van der Waals surface area contributed by atoms with E-state index in [0.717, 1.165) is 50.5 Å². The van der Waals surface area contributed by atoms with Crippen LogP contribution in [0.4, 0.5) is 0 Å².